The van der Waals surface area contributed by atoms with Crippen molar-refractivity contribution in [2.24, 2.45) is 0 Å². The normalized spacial score (nSPS) is 11.0. The quantitative estimate of drug-likeness (QED) is 0.658. The number of benzene rings is 2. The van der Waals surface area contributed by atoms with Crippen molar-refractivity contribution >= 4 is 27.1 Å². The second-order valence-corrected chi connectivity index (χ2v) is 6.27. The van der Waals surface area contributed by atoms with Crippen LogP contribution in [0.5, 0.6) is 0 Å². The molecule has 2 aromatic rings. The van der Waals surface area contributed by atoms with Crippen molar-refractivity contribution in [3.05, 3.63) is 68.3 Å². The van der Waals surface area contributed by atoms with Crippen LogP contribution in [0.1, 0.15) is 5.56 Å². The van der Waals surface area contributed by atoms with Crippen molar-refractivity contribution in [3.8, 4) is 0 Å². The summed E-state index contributed by atoms with van der Waals surface area (Å²) < 4.78 is 26.9. The van der Waals surface area contributed by atoms with Crippen LogP contribution in [0.4, 0.5) is 17.1 Å². The SMILES string of the molecule is Cc1ccc([N+](=O)[O-])cc1S(=O)(=O)Nc1ccc([N+](=O)[O-])cc1. The summed E-state index contributed by atoms with van der Waals surface area (Å²) in [6.45, 7) is 1.51. The minimum absolute atomic E-state index is 0.113. The fraction of sp³-hybridized carbons (Fsp3) is 0.0769. The molecule has 0 bridgehead atoms. The average molecular weight is 337 g/mol. The molecular weight excluding hydrogens is 326 g/mol. The van der Waals surface area contributed by atoms with Gasteiger partial charge in [-0.1, -0.05) is 6.07 Å². The molecule has 0 heterocycles. The van der Waals surface area contributed by atoms with Gasteiger partial charge in [0, 0.05) is 30.0 Å². The van der Waals surface area contributed by atoms with Crippen LogP contribution in [0.3, 0.4) is 0 Å². The number of nitrogens with one attached hydrogen (secondary N) is 1. The van der Waals surface area contributed by atoms with E-state index >= 15 is 0 Å². The first kappa shape index (κ1) is 16.4. The molecule has 0 aromatic heterocycles. The number of nitro benzene ring substituents is 2. The number of sulfonamides is 1. The predicted molar refractivity (Wildman–Crippen MR) is 81.7 cm³/mol. The molecule has 1 N–H and O–H groups in total. The molecule has 9 nitrogen and oxygen atoms in total. The van der Waals surface area contributed by atoms with Crippen molar-refractivity contribution in [2.75, 3.05) is 4.72 Å². The second-order valence-electron chi connectivity index (χ2n) is 4.62. The Morgan fingerprint density at radius 1 is 0.913 bits per heavy atom. The Balaban J connectivity index is 2.37. The third kappa shape index (κ3) is 3.61. The van der Waals surface area contributed by atoms with Crippen LogP contribution < -0.4 is 4.72 Å². The van der Waals surface area contributed by atoms with E-state index in [1.165, 1.54) is 31.2 Å². The van der Waals surface area contributed by atoms with E-state index in [4.69, 9.17) is 0 Å². The first-order valence-corrected chi connectivity index (χ1v) is 7.71. The van der Waals surface area contributed by atoms with Gasteiger partial charge in [-0.2, -0.15) is 0 Å². The minimum atomic E-state index is -4.06. The summed E-state index contributed by atoms with van der Waals surface area (Å²) in [6, 6.07) is 8.28. The first-order chi connectivity index (χ1) is 10.7. The molecule has 2 rings (SSSR count). The highest BCUT2D eigenvalue weighted by Crippen LogP contribution is 2.24. The maximum absolute atomic E-state index is 12.3. The van der Waals surface area contributed by atoms with Crippen molar-refractivity contribution < 1.29 is 18.3 Å². The van der Waals surface area contributed by atoms with Crippen LogP contribution in [0.25, 0.3) is 0 Å². The van der Waals surface area contributed by atoms with Gasteiger partial charge in [0.15, 0.2) is 0 Å². The molecule has 0 aliphatic carbocycles. The Labute approximate surface area is 130 Å². The van der Waals surface area contributed by atoms with Crippen LogP contribution in [-0.2, 0) is 10.0 Å². The van der Waals surface area contributed by atoms with Gasteiger partial charge in [0.05, 0.1) is 14.7 Å². The lowest BCUT2D eigenvalue weighted by Crippen LogP contribution is -2.14. The predicted octanol–water partition coefficient (Wildman–Crippen LogP) is 2.61. The Morgan fingerprint density at radius 2 is 1.43 bits per heavy atom. The van der Waals surface area contributed by atoms with E-state index < -0.39 is 19.9 Å². The zero-order valence-electron chi connectivity index (χ0n) is 11.8. The van der Waals surface area contributed by atoms with Crippen molar-refractivity contribution in [3.63, 3.8) is 0 Å². The number of hydrogen-bond donors (Lipinski definition) is 1. The lowest BCUT2D eigenvalue weighted by Gasteiger charge is -2.10. The van der Waals surface area contributed by atoms with Gasteiger partial charge in [0.1, 0.15) is 0 Å². The topological polar surface area (TPSA) is 132 Å². The summed E-state index contributed by atoms with van der Waals surface area (Å²) in [5.41, 5.74) is -0.0781. The molecule has 0 aliphatic rings. The molecule has 120 valence electrons. The van der Waals surface area contributed by atoms with Crippen LogP contribution in [0, 0.1) is 27.2 Å². The van der Waals surface area contributed by atoms with E-state index in [1.807, 2.05) is 0 Å². The summed E-state index contributed by atoms with van der Waals surface area (Å²) in [7, 11) is -4.06. The third-order valence-corrected chi connectivity index (χ3v) is 4.53. The Bertz CT molecular complexity index is 877. The zero-order valence-corrected chi connectivity index (χ0v) is 12.6. The fourth-order valence-corrected chi connectivity index (χ4v) is 3.18. The molecule has 0 saturated carbocycles. The number of nitro groups is 2. The number of hydrogen-bond acceptors (Lipinski definition) is 6. The van der Waals surface area contributed by atoms with E-state index in [0.717, 1.165) is 18.2 Å². The molecule has 0 amide bonds. The molecule has 0 unspecified atom stereocenters. The maximum atomic E-state index is 12.3. The second kappa shape index (κ2) is 6.01. The average Bonchev–Trinajstić information content (AvgIpc) is 2.47. The largest absolute Gasteiger partial charge is 0.280 e. The van der Waals surface area contributed by atoms with E-state index in [-0.39, 0.29) is 22.0 Å². The third-order valence-electron chi connectivity index (χ3n) is 3.00. The summed E-state index contributed by atoms with van der Waals surface area (Å²) in [6.07, 6.45) is 0. The Kier molecular flexibility index (Phi) is 4.27. The molecule has 0 saturated heterocycles. The van der Waals surface area contributed by atoms with Crippen molar-refractivity contribution in [1.29, 1.82) is 0 Å². The summed E-state index contributed by atoms with van der Waals surface area (Å²) in [5, 5.41) is 21.3. The van der Waals surface area contributed by atoms with Crippen LogP contribution >= 0.6 is 0 Å². The smallest absolute Gasteiger partial charge is 0.270 e. The van der Waals surface area contributed by atoms with Gasteiger partial charge >= 0.3 is 0 Å². The molecule has 10 heteroatoms. The van der Waals surface area contributed by atoms with E-state index in [1.54, 1.807) is 0 Å². The van der Waals surface area contributed by atoms with Gasteiger partial charge in [0.25, 0.3) is 21.4 Å². The molecule has 2 aromatic carbocycles. The molecule has 0 aliphatic heterocycles. The van der Waals surface area contributed by atoms with Crippen LogP contribution in [0.2, 0.25) is 0 Å². The minimum Gasteiger partial charge on any atom is -0.280 e. The van der Waals surface area contributed by atoms with Crippen LogP contribution in [-0.4, -0.2) is 18.3 Å². The van der Waals surface area contributed by atoms with E-state index in [2.05, 4.69) is 4.72 Å². The number of aryl methyl sites for hydroxylation is 1. The lowest BCUT2D eigenvalue weighted by atomic mass is 10.2. The fourth-order valence-electron chi connectivity index (χ4n) is 1.85. The number of anilines is 1. The molecule has 0 atom stereocenters. The molecule has 0 spiro atoms. The number of rotatable bonds is 5. The van der Waals surface area contributed by atoms with Gasteiger partial charge in [-0.05, 0) is 24.6 Å². The summed E-state index contributed by atoms with van der Waals surface area (Å²) >= 11 is 0. The molecule has 0 radical (unpaired) electrons. The number of nitrogens with zero attached hydrogens (tertiary/aromatic N) is 2. The van der Waals surface area contributed by atoms with Gasteiger partial charge in [-0.3, -0.25) is 25.0 Å². The van der Waals surface area contributed by atoms with Crippen LogP contribution in [0.15, 0.2) is 47.4 Å². The van der Waals surface area contributed by atoms with Gasteiger partial charge < -0.3 is 0 Å². The zero-order chi connectivity index (χ0) is 17.2. The van der Waals surface area contributed by atoms with Gasteiger partial charge in [0.2, 0.25) is 0 Å². The van der Waals surface area contributed by atoms with Gasteiger partial charge in [-0.15, -0.1) is 0 Å². The van der Waals surface area contributed by atoms with E-state index in [9.17, 15) is 28.6 Å². The first-order valence-electron chi connectivity index (χ1n) is 6.23. The highest BCUT2D eigenvalue weighted by atomic mass is 32.2. The summed E-state index contributed by atoms with van der Waals surface area (Å²) in [5.74, 6) is 0. The standard InChI is InChI=1S/C13H11N3O6S/c1-9-2-5-12(16(19)20)8-13(9)23(21,22)14-10-3-6-11(7-4-10)15(17)18/h2-8,14H,1H3. The highest BCUT2D eigenvalue weighted by molar-refractivity contribution is 7.92. The van der Waals surface area contributed by atoms with Crippen molar-refractivity contribution in [1.82, 2.24) is 0 Å². The lowest BCUT2D eigenvalue weighted by molar-refractivity contribution is -0.385. The monoisotopic (exact) mass is 337 g/mol. The van der Waals surface area contributed by atoms with Crippen molar-refractivity contribution in [2.45, 2.75) is 11.8 Å². The number of non-ortho nitro benzene ring substituents is 2. The Morgan fingerprint density at radius 3 is 1.96 bits per heavy atom. The molecule has 0 fully saturated rings. The molecule has 23 heavy (non-hydrogen) atoms. The maximum Gasteiger partial charge on any atom is 0.270 e. The van der Waals surface area contributed by atoms with Gasteiger partial charge in [-0.25, -0.2) is 8.42 Å². The Hall–Kier alpha value is -3.01. The van der Waals surface area contributed by atoms with E-state index in [0.29, 0.717) is 5.56 Å². The summed E-state index contributed by atoms with van der Waals surface area (Å²) in [4.78, 5) is 19.8. The molecular formula is C13H11N3O6S. The highest BCUT2D eigenvalue weighted by Gasteiger charge is 2.21.